The van der Waals surface area contributed by atoms with Crippen molar-refractivity contribution in [1.82, 2.24) is 4.98 Å². The molecule has 0 fully saturated rings. The fourth-order valence-corrected chi connectivity index (χ4v) is 2.78. The normalized spacial score (nSPS) is 10.6. The fourth-order valence-electron chi connectivity index (χ4n) is 1.76. The molecule has 8 heteroatoms. The lowest BCUT2D eigenvalue weighted by molar-refractivity contribution is -0.384. The Kier molecular flexibility index (Phi) is 4.08. The zero-order valence-corrected chi connectivity index (χ0v) is 12.6. The van der Waals surface area contributed by atoms with Gasteiger partial charge in [-0.2, -0.15) is 0 Å². The van der Waals surface area contributed by atoms with Crippen molar-refractivity contribution < 1.29 is 14.1 Å². The van der Waals surface area contributed by atoms with Crippen molar-refractivity contribution in [2.45, 2.75) is 6.61 Å². The van der Waals surface area contributed by atoms with Gasteiger partial charge in [0.05, 0.1) is 21.9 Å². The van der Waals surface area contributed by atoms with Crippen LogP contribution in [0.25, 0.3) is 10.6 Å². The number of non-ortho nitro benzene ring substituents is 1. The van der Waals surface area contributed by atoms with Crippen LogP contribution in [0, 0.1) is 10.1 Å². The van der Waals surface area contributed by atoms with Gasteiger partial charge in [-0.1, -0.05) is 11.6 Å². The highest BCUT2D eigenvalue weighted by atomic mass is 35.5. The third-order valence-corrected chi connectivity index (χ3v) is 4.06. The van der Waals surface area contributed by atoms with Crippen LogP contribution in [0.4, 0.5) is 5.69 Å². The second-order valence-corrected chi connectivity index (χ2v) is 5.58. The van der Waals surface area contributed by atoms with Crippen LogP contribution in [0.5, 0.6) is 5.75 Å². The standard InChI is InChI=1S/C14H9ClN2O4S/c15-12-5-11(17(18)19)1-2-13(12)21-7-10-8-22-14(16-10)9-3-4-20-6-9/h1-6,8H,7H2. The van der Waals surface area contributed by atoms with E-state index >= 15 is 0 Å². The van der Waals surface area contributed by atoms with E-state index in [1.165, 1.54) is 29.5 Å². The lowest BCUT2D eigenvalue weighted by atomic mass is 10.3. The maximum absolute atomic E-state index is 10.6. The largest absolute Gasteiger partial charge is 0.486 e. The highest BCUT2D eigenvalue weighted by Crippen LogP contribution is 2.30. The van der Waals surface area contributed by atoms with Crippen molar-refractivity contribution in [3.05, 3.63) is 63.0 Å². The molecule has 1 aromatic carbocycles. The predicted molar refractivity (Wildman–Crippen MR) is 82.3 cm³/mol. The number of aromatic nitrogens is 1. The van der Waals surface area contributed by atoms with Gasteiger partial charge in [0, 0.05) is 23.1 Å². The molecule has 112 valence electrons. The molecule has 22 heavy (non-hydrogen) atoms. The van der Waals surface area contributed by atoms with E-state index in [9.17, 15) is 10.1 Å². The number of ether oxygens (including phenoxy) is 1. The van der Waals surface area contributed by atoms with Crippen LogP contribution >= 0.6 is 22.9 Å². The third-order valence-electron chi connectivity index (χ3n) is 2.82. The number of benzene rings is 1. The van der Waals surface area contributed by atoms with E-state index in [4.69, 9.17) is 20.8 Å². The molecule has 0 radical (unpaired) electrons. The van der Waals surface area contributed by atoms with Gasteiger partial charge in [-0.3, -0.25) is 10.1 Å². The molecule has 0 aliphatic carbocycles. The zero-order valence-electron chi connectivity index (χ0n) is 11.1. The lowest BCUT2D eigenvalue weighted by Crippen LogP contribution is -1.97. The Balaban J connectivity index is 1.69. The van der Waals surface area contributed by atoms with Crippen LogP contribution in [-0.2, 0) is 6.61 Å². The van der Waals surface area contributed by atoms with Gasteiger partial charge < -0.3 is 9.15 Å². The first-order valence-corrected chi connectivity index (χ1v) is 7.43. The molecule has 6 nitrogen and oxygen atoms in total. The Hall–Kier alpha value is -2.38. The van der Waals surface area contributed by atoms with Gasteiger partial charge in [-0.15, -0.1) is 11.3 Å². The van der Waals surface area contributed by atoms with Crippen molar-refractivity contribution in [3.63, 3.8) is 0 Å². The Bertz CT molecular complexity index is 801. The van der Waals surface area contributed by atoms with Crippen LogP contribution in [0.1, 0.15) is 5.69 Å². The molecule has 0 aliphatic heterocycles. The van der Waals surface area contributed by atoms with Gasteiger partial charge in [0.2, 0.25) is 0 Å². The Morgan fingerprint density at radius 3 is 2.95 bits per heavy atom. The molecule has 0 N–H and O–H groups in total. The summed E-state index contributed by atoms with van der Waals surface area (Å²) in [5, 5.41) is 13.6. The first-order chi connectivity index (χ1) is 10.6. The van der Waals surface area contributed by atoms with Crippen LogP contribution in [0.15, 0.2) is 46.6 Å². The summed E-state index contributed by atoms with van der Waals surface area (Å²) < 4.78 is 10.6. The molecule has 0 atom stereocenters. The van der Waals surface area contributed by atoms with Crippen molar-refractivity contribution in [2.24, 2.45) is 0 Å². The lowest BCUT2D eigenvalue weighted by Gasteiger charge is -2.05. The maximum Gasteiger partial charge on any atom is 0.271 e. The van der Waals surface area contributed by atoms with E-state index in [0.29, 0.717) is 5.75 Å². The summed E-state index contributed by atoms with van der Waals surface area (Å²) in [7, 11) is 0. The summed E-state index contributed by atoms with van der Waals surface area (Å²) in [5.74, 6) is 0.380. The monoisotopic (exact) mass is 336 g/mol. The van der Waals surface area contributed by atoms with E-state index in [2.05, 4.69) is 4.98 Å². The topological polar surface area (TPSA) is 78.4 Å². The number of nitro groups is 1. The average Bonchev–Trinajstić information content (AvgIpc) is 3.16. The molecule has 0 bridgehead atoms. The third kappa shape index (κ3) is 3.10. The summed E-state index contributed by atoms with van der Waals surface area (Å²) in [4.78, 5) is 14.6. The molecular formula is C14H9ClN2O4S. The van der Waals surface area contributed by atoms with Gasteiger partial charge in [-0.05, 0) is 12.1 Å². The van der Waals surface area contributed by atoms with Crippen molar-refractivity contribution in [1.29, 1.82) is 0 Å². The summed E-state index contributed by atoms with van der Waals surface area (Å²) in [5.41, 5.74) is 1.58. The summed E-state index contributed by atoms with van der Waals surface area (Å²) in [6.07, 6.45) is 3.21. The Morgan fingerprint density at radius 1 is 1.41 bits per heavy atom. The van der Waals surface area contributed by atoms with Crippen molar-refractivity contribution in [3.8, 4) is 16.3 Å². The highest BCUT2D eigenvalue weighted by Gasteiger charge is 2.11. The predicted octanol–water partition coefficient (Wildman–Crippen LogP) is 4.54. The molecule has 2 aromatic heterocycles. The van der Waals surface area contributed by atoms with E-state index in [-0.39, 0.29) is 17.3 Å². The SMILES string of the molecule is O=[N+]([O-])c1ccc(OCc2csc(-c3ccoc3)n2)c(Cl)c1. The van der Waals surface area contributed by atoms with Crippen LogP contribution in [0.2, 0.25) is 5.02 Å². The number of halogens is 1. The smallest absolute Gasteiger partial charge is 0.271 e. The van der Waals surface area contributed by atoms with E-state index in [1.54, 1.807) is 12.5 Å². The summed E-state index contributed by atoms with van der Waals surface area (Å²) >= 11 is 7.45. The fraction of sp³-hybridized carbons (Fsp3) is 0.0714. The molecule has 0 amide bonds. The second-order valence-electron chi connectivity index (χ2n) is 4.32. The highest BCUT2D eigenvalue weighted by molar-refractivity contribution is 7.13. The molecular weight excluding hydrogens is 328 g/mol. The number of furan rings is 1. The Morgan fingerprint density at radius 2 is 2.27 bits per heavy atom. The van der Waals surface area contributed by atoms with E-state index < -0.39 is 4.92 Å². The number of nitrogens with zero attached hydrogens (tertiary/aromatic N) is 2. The number of nitro benzene ring substituents is 1. The average molecular weight is 337 g/mol. The first kappa shape index (κ1) is 14.6. The minimum atomic E-state index is -0.507. The van der Waals surface area contributed by atoms with Gasteiger partial charge in [-0.25, -0.2) is 4.98 Å². The molecule has 0 unspecified atom stereocenters. The van der Waals surface area contributed by atoms with E-state index in [0.717, 1.165) is 16.3 Å². The van der Waals surface area contributed by atoms with Gasteiger partial charge in [0.1, 0.15) is 23.6 Å². The van der Waals surface area contributed by atoms with Crippen molar-refractivity contribution in [2.75, 3.05) is 0 Å². The van der Waals surface area contributed by atoms with Crippen LogP contribution in [-0.4, -0.2) is 9.91 Å². The van der Waals surface area contributed by atoms with Crippen LogP contribution in [0.3, 0.4) is 0 Å². The second kappa shape index (κ2) is 6.17. The minimum Gasteiger partial charge on any atom is -0.486 e. The summed E-state index contributed by atoms with van der Waals surface area (Å²) in [6, 6.07) is 5.91. The zero-order chi connectivity index (χ0) is 15.5. The quantitative estimate of drug-likeness (QED) is 0.504. The van der Waals surface area contributed by atoms with Crippen molar-refractivity contribution >= 4 is 28.6 Å². The molecule has 3 rings (SSSR count). The molecule has 0 spiro atoms. The molecule has 0 saturated carbocycles. The summed E-state index contributed by atoms with van der Waals surface area (Å²) in [6.45, 7) is 0.228. The number of rotatable bonds is 5. The Labute approximate surface area is 134 Å². The molecule has 2 heterocycles. The number of hydrogen-bond acceptors (Lipinski definition) is 6. The van der Waals surface area contributed by atoms with Crippen LogP contribution < -0.4 is 4.74 Å². The molecule has 0 saturated heterocycles. The first-order valence-electron chi connectivity index (χ1n) is 6.17. The van der Waals surface area contributed by atoms with Gasteiger partial charge in [0.25, 0.3) is 5.69 Å². The number of hydrogen-bond donors (Lipinski definition) is 0. The minimum absolute atomic E-state index is 0.0757. The molecule has 3 aromatic rings. The number of thiazole rings is 1. The van der Waals surface area contributed by atoms with E-state index in [1.807, 2.05) is 11.4 Å². The maximum atomic E-state index is 10.6. The molecule has 0 aliphatic rings. The van der Waals surface area contributed by atoms with Gasteiger partial charge >= 0.3 is 0 Å². The van der Waals surface area contributed by atoms with Gasteiger partial charge in [0.15, 0.2) is 0 Å².